The van der Waals surface area contributed by atoms with Crippen LogP contribution in [0.1, 0.15) is 54.2 Å². The van der Waals surface area contributed by atoms with E-state index in [9.17, 15) is 4.55 Å². The fourth-order valence-electron chi connectivity index (χ4n) is 2.75. The summed E-state index contributed by atoms with van der Waals surface area (Å²) in [6, 6.07) is 5.49. The highest BCUT2D eigenvalue weighted by Gasteiger charge is 2.34. The van der Waals surface area contributed by atoms with Gasteiger partial charge in [0.1, 0.15) is 32.1 Å². The molecule has 0 unspecified atom stereocenters. The highest BCUT2D eigenvalue weighted by molar-refractivity contribution is 9.10. The lowest BCUT2D eigenvalue weighted by Crippen LogP contribution is -2.47. The summed E-state index contributed by atoms with van der Waals surface area (Å²) >= 11 is 8.96. The summed E-state index contributed by atoms with van der Waals surface area (Å²) in [5.41, 5.74) is 1.27. The summed E-state index contributed by atoms with van der Waals surface area (Å²) in [6.07, 6.45) is 0. The second-order valence-corrected chi connectivity index (χ2v) is 15.4. The van der Waals surface area contributed by atoms with Gasteiger partial charge >= 0.3 is 0 Å². The average Bonchev–Trinajstić information content (AvgIpc) is 2.51. The summed E-state index contributed by atoms with van der Waals surface area (Å²) in [5, 5.41) is 1.91. The van der Waals surface area contributed by atoms with Gasteiger partial charge in [0.25, 0.3) is 0 Å². The van der Waals surface area contributed by atoms with Gasteiger partial charge < -0.3 is 4.55 Å². The normalized spacial score (nSPS) is 14.8. The first-order valence-electron chi connectivity index (χ1n) is 8.36. The molecule has 1 aromatic rings. The molecule has 0 amide bonds. The number of nitrogens with zero attached hydrogens (tertiary/aromatic N) is 2. The fraction of sp³-hybridized carbons (Fsp3) is 0.647. The summed E-state index contributed by atoms with van der Waals surface area (Å²) < 4.78 is 17.1. The van der Waals surface area contributed by atoms with Gasteiger partial charge in [-0.3, -0.25) is 0 Å². The van der Waals surface area contributed by atoms with Crippen molar-refractivity contribution in [3.05, 3.63) is 21.4 Å². The Labute approximate surface area is 164 Å². The Hall–Kier alpha value is 0.117. The van der Waals surface area contributed by atoms with Gasteiger partial charge in [0.15, 0.2) is 0 Å². The number of pyridine rings is 1. The van der Waals surface area contributed by atoms with Gasteiger partial charge in [0.05, 0.1) is 13.1 Å². The third-order valence-corrected chi connectivity index (χ3v) is 12.6. The van der Waals surface area contributed by atoms with Crippen molar-refractivity contribution in [2.24, 2.45) is 4.40 Å². The van der Waals surface area contributed by atoms with Gasteiger partial charge in [-0.1, -0.05) is 54.9 Å². The summed E-state index contributed by atoms with van der Waals surface area (Å²) in [4.78, 5) is 4.53. The first-order valence-corrected chi connectivity index (χ1v) is 13.3. The van der Waals surface area contributed by atoms with Crippen LogP contribution in [-0.4, -0.2) is 28.1 Å². The summed E-state index contributed by atoms with van der Waals surface area (Å²) in [5.74, 6) is 0. The molecule has 3 nitrogen and oxygen atoms in total. The van der Waals surface area contributed by atoms with Crippen LogP contribution in [0.4, 0.5) is 0 Å². The van der Waals surface area contributed by atoms with Gasteiger partial charge in [0.2, 0.25) is 0 Å². The van der Waals surface area contributed by atoms with E-state index in [-0.39, 0.29) is 0 Å². The molecule has 0 radical (unpaired) electrons. The van der Waals surface area contributed by atoms with E-state index in [0.29, 0.717) is 16.4 Å². The second kappa shape index (κ2) is 8.67. The number of rotatable bonds is 6. The van der Waals surface area contributed by atoms with Crippen LogP contribution in [0.2, 0.25) is 23.2 Å². The quantitative estimate of drug-likeness (QED) is 0.249. The van der Waals surface area contributed by atoms with E-state index in [2.05, 4.69) is 52.1 Å². The molecule has 0 aliphatic heterocycles. The van der Waals surface area contributed by atoms with Crippen molar-refractivity contribution in [3.8, 4) is 0 Å². The fourth-order valence-corrected chi connectivity index (χ4v) is 8.48. The number of aromatic nitrogens is 1. The smallest absolute Gasteiger partial charge is 0.144 e. The molecule has 0 aliphatic carbocycles. The predicted molar refractivity (Wildman–Crippen MR) is 114 cm³/mol. The SMILES string of the molecule is CC[Si](CC)(CC)c1cc(Br)nc(C(C)=N[S@+]([O-])C(C)(C)C)c1Cl. The van der Waals surface area contributed by atoms with Crippen molar-refractivity contribution >= 4 is 57.9 Å². The van der Waals surface area contributed by atoms with Gasteiger partial charge in [0, 0.05) is 0 Å². The third-order valence-electron chi connectivity index (χ3n) is 4.61. The molecule has 0 spiro atoms. The molecule has 7 heteroatoms. The molecule has 24 heavy (non-hydrogen) atoms. The largest absolute Gasteiger partial charge is 0.591 e. The highest BCUT2D eigenvalue weighted by Crippen LogP contribution is 2.28. The monoisotopic (exact) mass is 450 g/mol. The Kier molecular flexibility index (Phi) is 8.00. The molecule has 0 N–H and O–H groups in total. The molecule has 136 valence electrons. The molecular formula is C17H28BrClN2OSSi. The number of hydrogen-bond donors (Lipinski definition) is 0. The molecule has 1 heterocycles. The van der Waals surface area contributed by atoms with E-state index in [1.807, 2.05) is 27.7 Å². The van der Waals surface area contributed by atoms with Crippen LogP contribution in [0.3, 0.4) is 0 Å². The van der Waals surface area contributed by atoms with Crippen LogP contribution >= 0.6 is 27.5 Å². The maximum absolute atomic E-state index is 12.3. The zero-order valence-corrected chi connectivity index (χ0v) is 19.8. The van der Waals surface area contributed by atoms with E-state index in [0.717, 1.165) is 22.7 Å². The molecule has 0 aromatic carbocycles. The van der Waals surface area contributed by atoms with E-state index in [1.165, 1.54) is 5.19 Å². The van der Waals surface area contributed by atoms with Crippen LogP contribution in [0.25, 0.3) is 0 Å². The van der Waals surface area contributed by atoms with E-state index in [1.54, 1.807) is 0 Å². The van der Waals surface area contributed by atoms with Crippen molar-refractivity contribution in [1.82, 2.24) is 4.98 Å². The minimum atomic E-state index is -1.66. The Morgan fingerprint density at radius 3 is 2.21 bits per heavy atom. The highest BCUT2D eigenvalue weighted by atomic mass is 79.9. The van der Waals surface area contributed by atoms with Crippen LogP contribution in [0.5, 0.6) is 0 Å². The Morgan fingerprint density at radius 1 is 1.29 bits per heavy atom. The standard InChI is InChI=1S/C17H28BrClN2OSSi/c1-8-24(9-2,10-3)13-11-14(18)20-16(15(13)19)12(4)21-23(22)17(5,6)7/h11H,8-10H2,1-7H3/t23-/m1/s1. The van der Waals surface area contributed by atoms with Gasteiger partial charge in [-0.25, -0.2) is 4.98 Å². The van der Waals surface area contributed by atoms with Gasteiger partial charge in [-0.15, -0.1) is 0 Å². The lowest BCUT2D eigenvalue weighted by atomic mass is 10.2. The predicted octanol–water partition coefficient (Wildman–Crippen LogP) is 5.48. The Balaban J connectivity index is 3.51. The van der Waals surface area contributed by atoms with Crippen molar-refractivity contribution in [1.29, 1.82) is 0 Å². The molecule has 0 fully saturated rings. The zero-order valence-electron chi connectivity index (χ0n) is 15.7. The Bertz CT molecular complexity index is 607. The lowest BCUT2D eigenvalue weighted by molar-refractivity contribution is 0.561. The van der Waals surface area contributed by atoms with Crippen LogP contribution in [0, 0.1) is 0 Å². The summed E-state index contributed by atoms with van der Waals surface area (Å²) in [6.45, 7) is 14.3. The molecule has 1 atom stereocenters. The number of halogens is 2. The maximum Gasteiger partial charge on any atom is 0.144 e. The van der Waals surface area contributed by atoms with Crippen molar-refractivity contribution in [2.45, 2.75) is 71.3 Å². The van der Waals surface area contributed by atoms with E-state index >= 15 is 0 Å². The molecule has 0 aliphatic rings. The summed E-state index contributed by atoms with van der Waals surface area (Å²) in [7, 11) is -1.66. The molecule has 0 saturated heterocycles. The minimum absolute atomic E-state index is 0.405. The van der Waals surface area contributed by atoms with Crippen LogP contribution in [0.15, 0.2) is 15.1 Å². The van der Waals surface area contributed by atoms with Crippen molar-refractivity contribution in [2.75, 3.05) is 0 Å². The van der Waals surface area contributed by atoms with E-state index in [4.69, 9.17) is 11.6 Å². The van der Waals surface area contributed by atoms with Gasteiger partial charge in [-0.05, 0) is 54.9 Å². The average molecular weight is 452 g/mol. The van der Waals surface area contributed by atoms with Crippen LogP contribution in [-0.2, 0) is 11.4 Å². The molecule has 1 aromatic heterocycles. The minimum Gasteiger partial charge on any atom is -0.591 e. The first-order chi connectivity index (χ1) is 11.0. The maximum atomic E-state index is 12.3. The number of hydrogen-bond acceptors (Lipinski definition) is 3. The van der Waals surface area contributed by atoms with Crippen LogP contribution < -0.4 is 5.19 Å². The third kappa shape index (κ3) is 4.85. The lowest BCUT2D eigenvalue weighted by Gasteiger charge is -2.30. The Morgan fingerprint density at radius 2 is 1.79 bits per heavy atom. The zero-order chi connectivity index (χ0) is 18.7. The molecular weight excluding hydrogens is 424 g/mol. The molecule has 1 rings (SSSR count). The topological polar surface area (TPSA) is 48.3 Å². The van der Waals surface area contributed by atoms with Crippen molar-refractivity contribution < 1.29 is 4.55 Å². The second-order valence-electron chi connectivity index (χ2n) is 7.03. The molecule has 0 saturated carbocycles. The van der Waals surface area contributed by atoms with Gasteiger partial charge in [-0.2, -0.15) is 0 Å². The first kappa shape index (κ1) is 22.2. The molecule has 0 bridgehead atoms. The van der Waals surface area contributed by atoms with Crippen molar-refractivity contribution in [3.63, 3.8) is 0 Å². The van der Waals surface area contributed by atoms with E-state index < -0.39 is 24.2 Å².